The van der Waals surface area contributed by atoms with Crippen molar-refractivity contribution in [3.8, 4) is 16.9 Å². The highest BCUT2D eigenvalue weighted by atomic mass is 35.5. The molecule has 1 amide bonds. The van der Waals surface area contributed by atoms with Crippen LogP contribution in [0, 0.1) is 0 Å². The smallest absolute Gasteiger partial charge is 0.259 e. The van der Waals surface area contributed by atoms with Crippen LogP contribution >= 0.6 is 11.6 Å². The lowest BCUT2D eigenvalue weighted by Gasteiger charge is -2.12. The minimum atomic E-state index is -0.104. The molecule has 0 aliphatic heterocycles. The summed E-state index contributed by atoms with van der Waals surface area (Å²) in [7, 11) is 3.37. The Labute approximate surface area is 123 Å². The predicted octanol–water partition coefficient (Wildman–Crippen LogP) is 3.47. The van der Waals surface area contributed by atoms with Crippen LogP contribution in [0.15, 0.2) is 48.5 Å². The average Bonchev–Trinajstić information content (AvgIpc) is 2.46. The van der Waals surface area contributed by atoms with Crippen LogP contribution in [0.25, 0.3) is 11.1 Å². The molecular formula is C16H16ClNO2. The molecule has 2 aromatic rings. The van der Waals surface area contributed by atoms with Crippen LogP contribution in [0.3, 0.4) is 0 Å². The average molecular weight is 290 g/mol. The van der Waals surface area contributed by atoms with Crippen molar-refractivity contribution in [3.05, 3.63) is 53.6 Å². The van der Waals surface area contributed by atoms with Gasteiger partial charge in [0.2, 0.25) is 0 Å². The molecule has 104 valence electrons. The SMILES string of the molecule is CN(C)C(=O)COc1ccc(-c2ccccc2)cc1Cl. The summed E-state index contributed by atoms with van der Waals surface area (Å²) in [6.07, 6.45) is 0. The first kappa shape index (κ1) is 14.4. The van der Waals surface area contributed by atoms with E-state index in [2.05, 4.69) is 0 Å². The van der Waals surface area contributed by atoms with Crippen molar-refractivity contribution in [2.75, 3.05) is 20.7 Å². The second-order valence-electron chi connectivity index (χ2n) is 4.59. The lowest BCUT2D eigenvalue weighted by atomic mass is 10.1. The summed E-state index contributed by atoms with van der Waals surface area (Å²) < 4.78 is 5.43. The maximum Gasteiger partial charge on any atom is 0.259 e. The molecule has 0 atom stereocenters. The lowest BCUT2D eigenvalue weighted by Crippen LogP contribution is -2.27. The number of carbonyl (C=O) groups excluding carboxylic acids is 1. The largest absolute Gasteiger partial charge is 0.482 e. The fourth-order valence-corrected chi connectivity index (χ4v) is 1.93. The van der Waals surface area contributed by atoms with E-state index in [9.17, 15) is 4.79 Å². The zero-order valence-electron chi connectivity index (χ0n) is 11.5. The van der Waals surface area contributed by atoms with Crippen molar-refractivity contribution in [2.24, 2.45) is 0 Å². The van der Waals surface area contributed by atoms with Crippen LogP contribution in [0.1, 0.15) is 0 Å². The van der Waals surface area contributed by atoms with E-state index in [0.717, 1.165) is 11.1 Å². The molecule has 2 aromatic carbocycles. The number of ether oxygens (including phenoxy) is 1. The molecule has 0 fully saturated rings. The first-order valence-corrected chi connectivity index (χ1v) is 6.63. The van der Waals surface area contributed by atoms with Gasteiger partial charge < -0.3 is 9.64 Å². The summed E-state index contributed by atoms with van der Waals surface area (Å²) in [5, 5.41) is 0.498. The molecular weight excluding hydrogens is 274 g/mol. The Balaban J connectivity index is 2.12. The first-order chi connectivity index (χ1) is 9.58. The van der Waals surface area contributed by atoms with Crippen molar-refractivity contribution in [2.45, 2.75) is 0 Å². The Hall–Kier alpha value is -2.00. The first-order valence-electron chi connectivity index (χ1n) is 6.26. The highest BCUT2D eigenvalue weighted by Crippen LogP contribution is 2.30. The van der Waals surface area contributed by atoms with Gasteiger partial charge >= 0.3 is 0 Å². The highest BCUT2D eigenvalue weighted by molar-refractivity contribution is 6.32. The molecule has 0 saturated heterocycles. The van der Waals surface area contributed by atoms with Crippen LogP contribution in [0.5, 0.6) is 5.75 Å². The van der Waals surface area contributed by atoms with Gasteiger partial charge in [0.05, 0.1) is 5.02 Å². The van der Waals surface area contributed by atoms with Gasteiger partial charge in [-0.3, -0.25) is 4.79 Å². The van der Waals surface area contributed by atoms with Gasteiger partial charge in [0.1, 0.15) is 5.75 Å². The Kier molecular flexibility index (Phi) is 4.64. The van der Waals surface area contributed by atoms with Crippen molar-refractivity contribution in [1.29, 1.82) is 0 Å². The molecule has 0 radical (unpaired) electrons. The van der Waals surface area contributed by atoms with Crippen molar-refractivity contribution in [1.82, 2.24) is 4.90 Å². The molecule has 0 heterocycles. The standard InChI is InChI=1S/C16H16ClNO2/c1-18(2)16(19)11-20-15-9-8-13(10-14(15)17)12-6-4-3-5-7-12/h3-10H,11H2,1-2H3. The van der Waals surface area contributed by atoms with Gasteiger partial charge in [-0.1, -0.05) is 48.0 Å². The van der Waals surface area contributed by atoms with Crippen LogP contribution in [-0.4, -0.2) is 31.5 Å². The van der Waals surface area contributed by atoms with Gasteiger partial charge in [0.15, 0.2) is 6.61 Å². The number of hydrogen-bond donors (Lipinski definition) is 0. The van der Waals surface area contributed by atoms with Crippen LogP contribution in [0.2, 0.25) is 5.02 Å². The molecule has 2 rings (SSSR count). The summed E-state index contributed by atoms with van der Waals surface area (Å²) in [5.74, 6) is 0.412. The van der Waals surface area contributed by atoms with E-state index >= 15 is 0 Å². The number of halogens is 1. The van der Waals surface area contributed by atoms with Crippen molar-refractivity contribution >= 4 is 17.5 Å². The second-order valence-corrected chi connectivity index (χ2v) is 5.00. The van der Waals surface area contributed by atoms with E-state index < -0.39 is 0 Å². The zero-order valence-corrected chi connectivity index (χ0v) is 12.2. The fourth-order valence-electron chi connectivity index (χ4n) is 1.70. The Morgan fingerprint density at radius 2 is 1.80 bits per heavy atom. The number of carbonyl (C=O) groups is 1. The predicted molar refractivity (Wildman–Crippen MR) is 81.1 cm³/mol. The number of rotatable bonds is 4. The topological polar surface area (TPSA) is 29.5 Å². The summed E-state index contributed by atoms with van der Waals surface area (Å²) in [6.45, 7) is -0.0165. The van der Waals surface area contributed by atoms with Gasteiger partial charge in [-0.25, -0.2) is 0 Å². The summed E-state index contributed by atoms with van der Waals surface area (Å²) in [4.78, 5) is 13.0. The molecule has 0 spiro atoms. The summed E-state index contributed by atoms with van der Waals surface area (Å²) in [6, 6.07) is 15.5. The number of amides is 1. The van der Waals surface area contributed by atoms with E-state index in [0.29, 0.717) is 10.8 Å². The zero-order chi connectivity index (χ0) is 14.5. The normalized spacial score (nSPS) is 10.2. The number of benzene rings is 2. The molecule has 0 aliphatic rings. The molecule has 20 heavy (non-hydrogen) atoms. The molecule has 0 unspecified atom stereocenters. The number of hydrogen-bond acceptors (Lipinski definition) is 2. The van der Waals surface area contributed by atoms with Gasteiger partial charge in [-0.05, 0) is 23.3 Å². The number of likely N-dealkylation sites (N-methyl/N-ethyl adjacent to an activating group) is 1. The highest BCUT2D eigenvalue weighted by Gasteiger charge is 2.08. The molecule has 0 N–H and O–H groups in total. The quantitative estimate of drug-likeness (QED) is 0.862. The van der Waals surface area contributed by atoms with E-state index in [1.165, 1.54) is 4.90 Å². The Morgan fingerprint density at radius 3 is 2.40 bits per heavy atom. The van der Waals surface area contributed by atoms with Crippen LogP contribution in [0.4, 0.5) is 0 Å². The molecule has 3 nitrogen and oxygen atoms in total. The molecule has 0 aromatic heterocycles. The summed E-state index contributed by atoms with van der Waals surface area (Å²) in [5.41, 5.74) is 2.10. The van der Waals surface area contributed by atoms with Gasteiger partial charge in [0, 0.05) is 14.1 Å². The fraction of sp³-hybridized carbons (Fsp3) is 0.188. The van der Waals surface area contributed by atoms with E-state index in [1.54, 1.807) is 20.2 Å². The summed E-state index contributed by atoms with van der Waals surface area (Å²) >= 11 is 6.19. The van der Waals surface area contributed by atoms with Gasteiger partial charge in [-0.15, -0.1) is 0 Å². The van der Waals surface area contributed by atoms with Crippen LogP contribution < -0.4 is 4.74 Å². The minimum Gasteiger partial charge on any atom is -0.482 e. The van der Waals surface area contributed by atoms with Crippen molar-refractivity contribution in [3.63, 3.8) is 0 Å². The lowest BCUT2D eigenvalue weighted by molar-refractivity contribution is -0.130. The molecule has 0 saturated carbocycles. The van der Waals surface area contributed by atoms with Crippen molar-refractivity contribution < 1.29 is 9.53 Å². The third-order valence-corrected chi connectivity index (χ3v) is 3.18. The van der Waals surface area contributed by atoms with Gasteiger partial charge in [0.25, 0.3) is 5.91 Å². The molecule has 0 aliphatic carbocycles. The second kappa shape index (κ2) is 6.44. The van der Waals surface area contributed by atoms with Gasteiger partial charge in [-0.2, -0.15) is 0 Å². The third-order valence-electron chi connectivity index (χ3n) is 2.89. The van der Waals surface area contributed by atoms with E-state index in [-0.39, 0.29) is 12.5 Å². The molecule has 4 heteroatoms. The van der Waals surface area contributed by atoms with E-state index in [1.807, 2.05) is 42.5 Å². The Morgan fingerprint density at radius 1 is 1.10 bits per heavy atom. The molecule has 0 bridgehead atoms. The van der Waals surface area contributed by atoms with Crippen LogP contribution in [-0.2, 0) is 4.79 Å². The number of nitrogens with zero attached hydrogens (tertiary/aromatic N) is 1. The minimum absolute atomic E-state index is 0.0165. The maximum atomic E-state index is 11.5. The maximum absolute atomic E-state index is 11.5. The monoisotopic (exact) mass is 289 g/mol. The Bertz CT molecular complexity index is 597. The third kappa shape index (κ3) is 3.52. The van der Waals surface area contributed by atoms with E-state index in [4.69, 9.17) is 16.3 Å².